The van der Waals surface area contributed by atoms with Crippen LogP contribution < -0.4 is 25.2 Å². The van der Waals surface area contributed by atoms with Crippen molar-refractivity contribution in [2.75, 3.05) is 59.3 Å². The van der Waals surface area contributed by atoms with Gasteiger partial charge in [-0.05, 0) is 42.3 Å². The number of anilines is 5. The number of alkyl halides is 3. The van der Waals surface area contributed by atoms with Crippen LogP contribution in [0.4, 0.5) is 42.1 Å². The van der Waals surface area contributed by atoms with Gasteiger partial charge in [0.2, 0.25) is 27.8 Å². The molecule has 3 aromatic heterocycles. The van der Waals surface area contributed by atoms with Crippen LogP contribution in [0.15, 0.2) is 61.2 Å². The summed E-state index contributed by atoms with van der Waals surface area (Å²) in [6.07, 6.45) is 1.86. The Morgan fingerprint density at radius 2 is 1.71 bits per heavy atom. The SMILES string of the molecule is CN(c1nccnc1CNc1nc(Nc2ccc(N3CCN(Cc4cccnc4C4CCC(=O)NC4=O)CC3)cc2)ncc1C(F)(F)F)S(C)(=O)=O. The lowest BCUT2D eigenvalue weighted by atomic mass is 9.91. The molecule has 52 heavy (non-hydrogen) atoms. The van der Waals surface area contributed by atoms with Crippen LogP contribution in [0.5, 0.6) is 0 Å². The molecule has 3 N–H and O–H groups in total. The third-order valence-electron chi connectivity index (χ3n) is 8.82. The minimum atomic E-state index is -4.77. The Bertz CT molecular complexity index is 2040. The number of amides is 2. The third-order valence-corrected chi connectivity index (χ3v) is 9.98. The van der Waals surface area contributed by atoms with Crippen molar-refractivity contribution >= 4 is 50.8 Å². The number of benzene rings is 1. The molecule has 0 saturated carbocycles. The van der Waals surface area contributed by atoms with Gasteiger partial charge in [-0.15, -0.1) is 0 Å². The minimum Gasteiger partial charge on any atom is -0.369 e. The van der Waals surface area contributed by atoms with E-state index in [1.54, 1.807) is 18.3 Å². The Hall–Kier alpha value is -5.43. The second-order valence-corrected chi connectivity index (χ2v) is 14.4. The molecule has 0 radical (unpaired) electrons. The Kier molecular flexibility index (Phi) is 10.5. The molecular formula is C33H36F3N11O4S. The van der Waals surface area contributed by atoms with Gasteiger partial charge < -0.3 is 15.5 Å². The van der Waals surface area contributed by atoms with Gasteiger partial charge in [0.15, 0.2) is 5.82 Å². The van der Waals surface area contributed by atoms with Gasteiger partial charge in [-0.2, -0.15) is 18.2 Å². The highest BCUT2D eigenvalue weighted by atomic mass is 32.2. The van der Waals surface area contributed by atoms with Crippen LogP contribution in [-0.2, 0) is 38.9 Å². The van der Waals surface area contributed by atoms with Crippen LogP contribution in [0, 0.1) is 0 Å². The van der Waals surface area contributed by atoms with Crippen molar-refractivity contribution in [1.29, 1.82) is 0 Å². The predicted molar refractivity (Wildman–Crippen MR) is 186 cm³/mol. The molecule has 1 unspecified atom stereocenters. The zero-order chi connectivity index (χ0) is 37.0. The summed E-state index contributed by atoms with van der Waals surface area (Å²) < 4.78 is 66.6. The smallest absolute Gasteiger partial charge is 0.369 e. The van der Waals surface area contributed by atoms with E-state index >= 15 is 0 Å². The number of piperidine rings is 1. The zero-order valence-electron chi connectivity index (χ0n) is 28.3. The highest BCUT2D eigenvalue weighted by Gasteiger charge is 2.36. The van der Waals surface area contributed by atoms with Crippen LogP contribution in [0.2, 0.25) is 0 Å². The second-order valence-electron chi connectivity index (χ2n) is 12.4. The molecule has 4 aromatic rings. The molecule has 274 valence electrons. The van der Waals surface area contributed by atoms with Crippen molar-refractivity contribution in [2.45, 2.75) is 38.0 Å². The highest BCUT2D eigenvalue weighted by Crippen LogP contribution is 2.35. The zero-order valence-corrected chi connectivity index (χ0v) is 29.1. The van der Waals surface area contributed by atoms with Crippen molar-refractivity contribution in [3.05, 3.63) is 83.7 Å². The molecule has 2 amide bonds. The van der Waals surface area contributed by atoms with E-state index in [4.69, 9.17) is 0 Å². The molecule has 1 atom stereocenters. The summed E-state index contributed by atoms with van der Waals surface area (Å²) in [4.78, 5) is 49.2. The number of halogens is 3. The molecule has 6 rings (SSSR count). The van der Waals surface area contributed by atoms with Crippen molar-refractivity contribution in [1.82, 2.24) is 35.1 Å². The van der Waals surface area contributed by atoms with E-state index in [0.717, 1.165) is 48.0 Å². The van der Waals surface area contributed by atoms with Crippen molar-refractivity contribution in [3.63, 3.8) is 0 Å². The molecule has 0 spiro atoms. The molecule has 2 aliphatic heterocycles. The number of carbonyl (C=O) groups excluding carboxylic acids is 2. The lowest BCUT2D eigenvalue weighted by molar-refractivity contribution is -0.137. The number of hydrogen-bond donors (Lipinski definition) is 3. The predicted octanol–water partition coefficient (Wildman–Crippen LogP) is 3.27. The van der Waals surface area contributed by atoms with Crippen LogP contribution in [-0.4, -0.2) is 89.5 Å². The first kappa shape index (κ1) is 36.4. The molecule has 2 fully saturated rings. The first-order chi connectivity index (χ1) is 24.8. The van der Waals surface area contributed by atoms with E-state index in [2.05, 4.69) is 50.7 Å². The number of imide groups is 1. The summed E-state index contributed by atoms with van der Waals surface area (Å²) in [5.74, 6) is -1.67. The van der Waals surface area contributed by atoms with Crippen LogP contribution in [0.25, 0.3) is 0 Å². The van der Waals surface area contributed by atoms with E-state index in [9.17, 15) is 31.2 Å². The Morgan fingerprint density at radius 1 is 0.981 bits per heavy atom. The maximum absolute atomic E-state index is 13.9. The number of nitrogens with one attached hydrogen (secondary N) is 3. The first-order valence-corrected chi connectivity index (χ1v) is 18.1. The van der Waals surface area contributed by atoms with Gasteiger partial charge in [-0.25, -0.2) is 18.4 Å². The number of piperazine rings is 1. The van der Waals surface area contributed by atoms with Crippen LogP contribution in [0.3, 0.4) is 0 Å². The topological polar surface area (TPSA) is 179 Å². The van der Waals surface area contributed by atoms with Gasteiger partial charge in [-0.1, -0.05) is 6.07 Å². The normalized spacial score (nSPS) is 17.1. The second kappa shape index (κ2) is 15.0. The van der Waals surface area contributed by atoms with E-state index in [0.29, 0.717) is 30.5 Å². The lowest BCUT2D eigenvalue weighted by Gasteiger charge is -2.36. The summed E-state index contributed by atoms with van der Waals surface area (Å²) in [6.45, 7) is 3.34. The highest BCUT2D eigenvalue weighted by molar-refractivity contribution is 7.92. The Morgan fingerprint density at radius 3 is 2.40 bits per heavy atom. The minimum absolute atomic E-state index is 0.0348. The fourth-order valence-corrected chi connectivity index (χ4v) is 6.47. The maximum Gasteiger partial charge on any atom is 0.421 e. The van der Waals surface area contributed by atoms with Crippen molar-refractivity contribution < 1.29 is 31.2 Å². The van der Waals surface area contributed by atoms with Crippen molar-refractivity contribution in [3.8, 4) is 0 Å². The standard InChI is InChI=1S/C33H36F3N11O4S/c1-45(52(2,50)51)30-26(37-12-13-39-30)19-40-29-25(33(34,35)36)18-41-32(44-29)42-22-5-7-23(8-6-22)47-16-14-46(15-17-47)20-21-4-3-11-38-28(21)24-9-10-27(48)43-31(24)49/h3-8,11-13,18,24H,9-10,14-17,19-20H2,1-2H3,(H,43,48,49)(H2,40,41,42,44). The summed E-state index contributed by atoms with van der Waals surface area (Å²) in [7, 11) is -2.43. The van der Waals surface area contributed by atoms with E-state index in [-0.39, 0.29) is 42.2 Å². The molecule has 2 aliphatic rings. The number of sulfonamides is 1. The first-order valence-electron chi connectivity index (χ1n) is 16.3. The molecule has 0 aliphatic carbocycles. The van der Waals surface area contributed by atoms with Gasteiger partial charge in [0, 0.05) is 82.4 Å². The lowest BCUT2D eigenvalue weighted by Crippen LogP contribution is -2.46. The number of carbonyl (C=O) groups is 2. The quantitative estimate of drug-likeness (QED) is 0.191. The number of aromatic nitrogens is 5. The van der Waals surface area contributed by atoms with Crippen LogP contribution >= 0.6 is 0 Å². The molecule has 5 heterocycles. The number of hydrogen-bond acceptors (Lipinski definition) is 13. The van der Waals surface area contributed by atoms with Gasteiger partial charge in [0.25, 0.3) is 0 Å². The van der Waals surface area contributed by atoms with Gasteiger partial charge in [0.1, 0.15) is 17.1 Å². The summed E-state index contributed by atoms with van der Waals surface area (Å²) >= 11 is 0. The van der Waals surface area contributed by atoms with Crippen molar-refractivity contribution in [2.24, 2.45) is 0 Å². The Balaban J connectivity index is 1.08. The monoisotopic (exact) mass is 739 g/mol. The van der Waals surface area contributed by atoms with E-state index in [1.165, 1.54) is 19.4 Å². The Labute approximate surface area is 297 Å². The average Bonchev–Trinajstić information content (AvgIpc) is 3.11. The molecule has 15 nitrogen and oxygen atoms in total. The van der Waals surface area contributed by atoms with E-state index < -0.39 is 33.5 Å². The van der Waals surface area contributed by atoms with Gasteiger partial charge >= 0.3 is 6.18 Å². The largest absolute Gasteiger partial charge is 0.421 e. The number of pyridine rings is 1. The van der Waals surface area contributed by atoms with Gasteiger partial charge in [-0.3, -0.25) is 34.1 Å². The fraction of sp³-hybridized carbons (Fsp3) is 0.364. The molecule has 0 bridgehead atoms. The molecular weight excluding hydrogens is 703 g/mol. The average molecular weight is 740 g/mol. The summed E-state index contributed by atoms with van der Waals surface area (Å²) in [5.41, 5.74) is 2.17. The van der Waals surface area contributed by atoms with Gasteiger partial charge in [0.05, 0.1) is 24.4 Å². The molecule has 19 heteroatoms. The fourth-order valence-electron chi connectivity index (χ4n) is 6.00. The van der Waals surface area contributed by atoms with Crippen LogP contribution in [0.1, 0.15) is 41.3 Å². The molecule has 1 aromatic carbocycles. The maximum atomic E-state index is 13.9. The third kappa shape index (κ3) is 8.53. The molecule has 2 saturated heterocycles. The summed E-state index contributed by atoms with van der Waals surface area (Å²) in [6, 6.07) is 11.2. The van der Waals surface area contributed by atoms with E-state index in [1.807, 2.05) is 24.3 Å². The number of rotatable bonds is 11. The number of nitrogens with zero attached hydrogens (tertiary/aromatic N) is 8. The summed E-state index contributed by atoms with van der Waals surface area (Å²) in [5, 5.41) is 7.99.